The second kappa shape index (κ2) is 6.33. The maximum Gasteiger partial charge on any atom is 0.0713 e. The first-order valence-corrected chi connectivity index (χ1v) is 8.74. The molecule has 112 valence electrons. The van der Waals surface area contributed by atoms with Gasteiger partial charge in [0.05, 0.1) is 5.60 Å². The van der Waals surface area contributed by atoms with Crippen LogP contribution in [0.5, 0.6) is 0 Å². The van der Waals surface area contributed by atoms with Gasteiger partial charge in [-0.1, -0.05) is 13.8 Å². The van der Waals surface area contributed by atoms with Crippen LogP contribution >= 0.6 is 11.8 Å². The monoisotopic (exact) mass is 286 g/mol. The number of nitrogens with zero attached hydrogens (tertiary/aromatic N) is 1. The van der Waals surface area contributed by atoms with Gasteiger partial charge in [0.1, 0.15) is 0 Å². The average Bonchev–Trinajstić information content (AvgIpc) is 2.39. The Labute approximate surface area is 122 Å². The van der Waals surface area contributed by atoms with Gasteiger partial charge in [0.15, 0.2) is 0 Å². The van der Waals surface area contributed by atoms with Crippen LogP contribution in [0.1, 0.15) is 39.5 Å². The molecule has 0 bridgehead atoms. The number of thioether (sulfide) groups is 1. The van der Waals surface area contributed by atoms with Crippen LogP contribution < -0.4 is 5.73 Å². The van der Waals surface area contributed by atoms with Gasteiger partial charge in [-0.15, -0.1) is 0 Å². The molecule has 0 aliphatic carbocycles. The van der Waals surface area contributed by atoms with Crippen molar-refractivity contribution in [3.05, 3.63) is 0 Å². The predicted molar refractivity (Wildman–Crippen MR) is 83.7 cm³/mol. The summed E-state index contributed by atoms with van der Waals surface area (Å²) < 4.78 is 6.18. The summed E-state index contributed by atoms with van der Waals surface area (Å²) in [5.41, 5.74) is 6.27. The molecule has 0 amide bonds. The lowest BCUT2D eigenvalue weighted by molar-refractivity contribution is -0.110. The lowest BCUT2D eigenvalue weighted by atomic mass is 9.84. The lowest BCUT2D eigenvalue weighted by Crippen LogP contribution is -2.51. The van der Waals surface area contributed by atoms with E-state index in [0.717, 1.165) is 19.7 Å². The van der Waals surface area contributed by atoms with Crippen molar-refractivity contribution in [1.82, 2.24) is 4.90 Å². The molecule has 19 heavy (non-hydrogen) atoms. The van der Waals surface area contributed by atoms with Gasteiger partial charge in [-0.05, 0) is 56.2 Å². The zero-order valence-electron chi connectivity index (χ0n) is 12.8. The molecule has 2 N–H and O–H groups in total. The molecule has 0 radical (unpaired) electrons. The Kier molecular flexibility index (Phi) is 5.21. The molecule has 2 heterocycles. The molecule has 2 aliphatic heterocycles. The lowest BCUT2D eigenvalue weighted by Gasteiger charge is -2.46. The van der Waals surface area contributed by atoms with Crippen molar-refractivity contribution in [3.63, 3.8) is 0 Å². The number of nitrogens with two attached hydrogens (primary N) is 1. The third kappa shape index (κ3) is 4.10. The predicted octanol–water partition coefficient (Wildman–Crippen LogP) is 2.35. The summed E-state index contributed by atoms with van der Waals surface area (Å²) in [5.74, 6) is 2.54. The Morgan fingerprint density at radius 3 is 2.68 bits per heavy atom. The van der Waals surface area contributed by atoms with Crippen molar-refractivity contribution in [3.8, 4) is 0 Å². The fourth-order valence-corrected chi connectivity index (χ4v) is 4.58. The third-order valence-electron chi connectivity index (χ3n) is 4.72. The topological polar surface area (TPSA) is 38.5 Å². The van der Waals surface area contributed by atoms with Crippen LogP contribution in [0.25, 0.3) is 0 Å². The molecule has 0 aromatic carbocycles. The molecule has 0 aromatic rings. The normalized spacial score (nSPS) is 27.9. The SMILES string of the molecule is CN(CC(C)(C)CN)C1CCOC2(CCSCC2)C1. The van der Waals surface area contributed by atoms with Gasteiger partial charge >= 0.3 is 0 Å². The Morgan fingerprint density at radius 2 is 2.05 bits per heavy atom. The molecule has 1 atom stereocenters. The summed E-state index contributed by atoms with van der Waals surface area (Å²) in [6.07, 6.45) is 4.86. The average molecular weight is 286 g/mol. The number of hydrogen-bond acceptors (Lipinski definition) is 4. The first kappa shape index (κ1) is 15.6. The van der Waals surface area contributed by atoms with E-state index in [1.165, 1.54) is 37.2 Å². The first-order valence-electron chi connectivity index (χ1n) is 7.58. The minimum atomic E-state index is 0.190. The second-order valence-corrected chi connectivity index (χ2v) is 8.30. The van der Waals surface area contributed by atoms with Crippen LogP contribution in [-0.2, 0) is 4.74 Å². The van der Waals surface area contributed by atoms with Gasteiger partial charge in [-0.3, -0.25) is 0 Å². The Balaban J connectivity index is 1.93. The van der Waals surface area contributed by atoms with Crippen molar-refractivity contribution in [1.29, 1.82) is 0 Å². The van der Waals surface area contributed by atoms with Gasteiger partial charge in [-0.25, -0.2) is 0 Å². The quantitative estimate of drug-likeness (QED) is 0.861. The Morgan fingerprint density at radius 1 is 1.37 bits per heavy atom. The zero-order chi connectivity index (χ0) is 13.9. The van der Waals surface area contributed by atoms with Gasteiger partial charge < -0.3 is 15.4 Å². The van der Waals surface area contributed by atoms with E-state index in [2.05, 4.69) is 37.6 Å². The summed E-state index contributed by atoms with van der Waals surface area (Å²) in [5, 5.41) is 0. The van der Waals surface area contributed by atoms with Crippen LogP contribution in [0.15, 0.2) is 0 Å². The molecule has 0 saturated carbocycles. The molecule has 3 nitrogen and oxygen atoms in total. The highest BCUT2D eigenvalue weighted by Gasteiger charge is 2.40. The number of rotatable bonds is 4. The minimum Gasteiger partial charge on any atom is -0.375 e. The van der Waals surface area contributed by atoms with Crippen LogP contribution in [0.4, 0.5) is 0 Å². The van der Waals surface area contributed by atoms with Crippen molar-refractivity contribution < 1.29 is 4.74 Å². The van der Waals surface area contributed by atoms with E-state index in [4.69, 9.17) is 10.5 Å². The van der Waals surface area contributed by atoms with Crippen LogP contribution in [-0.4, -0.2) is 54.8 Å². The van der Waals surface area contributed by atoms with E-state index in [-0.39, 0.29) is 11.0 Å². The molecule has 2 rings (SSSR count). The van der Waals surface area contributed by atoms with Crippen LogP contribution in [0.3, 0.4) is 0 Å². The highest BCUT2D eigenvalue weighted by molar-refractivity contribution is 7.99. The number of hydrogen-bond donors (Lipinski definition) is 1. The summed E-state index contributed by atoms with van der Waals surface area (Å²) in [6.45, 7) is 7.29. The van der Waals surface area contributed by atoms with Crippen LogP contribution in [0, 0.1) is 5.41 Å². The highest BCUT2D eigenvalue weighted by Crippen LogP contribution is 2.39. The largest absolute Gasteiger partial charge is 0.375 e. The Bertz CT molecular complexity index is 284. The zero-order valence-corrected chi connectivity index (χ0v) is 13.6. The van der Waals surface area contributed by atoms with Crippen molar-refractivity contribution >= 4 is 11.8 Å². The fourth-order valence-electron chi connectivity index (χ4n) is 3.34. The molecule has 1 unspecified atom stereocenters. The molecular weight excluding hydrogens is 256 g/mol. The van der Waals surface area contributed by atoms with Crippen molar-refractivity contribution in [2.24, 2.45) is 11.1 Å². The number of ether oxygens (including phenoxy) is 1. The van der Waals surface area contributed by atoms with Crippen molar-refractivity contribution in [2.75, 3.05) is 38.2 Å². The summed E-state index contributed by atoms with van der Waals surface area (Å²) in [4.78, 5) is 2.53. The fraction of sp³-hybridized carbons (Fsp3) is 1.00. The second-order valence-electron chi connectivity index (χ2n) is 7.07. The van der Waals surface area contributed by atoms with Crippen molar-refractivity contribution in [2.45, 2.75) is 51.2 Å². The molecule has 2 saturated heterocycles. The van der Waals surface area contributed by atoms with E-state index in [1.54, 1.807) is 0 Å². The van der Waals surface area contributed by atoms with E-state index in [1.807, 2.05) is 0 Å². The summed E-state index contributed by atoms with van der Waals surface area (Å²) >= 11 is 2.08. The maximum atomic E-state index is 6.18. The molecular formula is C15H30N2OS. The first-order chi connectivity index (χ1) is 8.96. The van der Waals surface area contributed by atoms with E-state index >= 15 is 0 Å². The summed E-state index contributed by atoms with van der Waals surface area (Å²) in [7, 11) is 2.26. The minimum absolute atomic E-state index is 0.190. The maximum absolute atomic E-state index is 6.18. The van der Waals surface area contributed by atoms with Gasteiger partial charge in [0.25, 0.3) is 0 Å². The molecule has 2 fully saturated rings. The third-order valence-corrected chi connectivity index (χ3v) is 5.71. The highest BCUT2D eigenvalue weighted by atomic mass is 32.2. The van der Waals surface area contributed by atoms with E-state index in [9.17, 15) is 0 Å². The summed E-state index contributed by atoms with van der Waals surface area (Å²) in [6, 6.07) is 0.669. The smallest absolute Gasteiger partial charge is 0.0713 e. The van der Waals surface area contributed by atoms with Gasteiger partial charge in [0, 0.05) is 19.2 Å². The Hall–Kier alpha value is 0.230. The van der Waals surface area contributed by atoms with E-state index in [0.29, 0.717) is 6.04 Å². The van der Waals surface area contributed by atoms with E-state index < -0.39 is 0 Å². The molecule has 1 spiro atoms. The standard InChI is InChI=1S/C15H30N2OS/c1-14(2,11-16)12-17(3)13-4-7-18-15(10-13)5-8-19-9-6-15/h13H,4-12,16H2,1-3H3. The molecule has 0 aromatic heterocycles. The molecule has 4 heteroatoms. The van der Waals surface area contributed by atoms with Crippen LogP contribution in [0.2, 0.25) is 0 Å². The van der Waals surface area contributed by atoms with Gasteiger partial charge in [-0.2, -0.15) is 11.8 Å². The molecule has 2 aliphatic rings. The van der Waals surface area contributed by atoms with Gasteiger partial charge in [0.2, 0.25) is 0 Å².